The molecule has 0 saturated carbocycles. The molecule has 62 heavy (non-hydrogen) atoms. The van der Waals surface area contributed by atoms with Gasteiger partial charge < -0.3 is 5.73 Å². The van der Waals surface area contributed by atoms with Gasteiger partial charge in [0.15, 0.2) is 0 Å². The second-order valence-corrected chi connectivity index (χ2v) is 15.6. The van der Waals surface area contributed by atoms with Gasteiger partial charge in [0.05, 0.1) is 5.41 Å². The summed E-state index contributed by atoms with van der Waals surface area (Å²) in [6.07, 6.45) is 5.03. The van der Waals surface area contributed by atoms with E-state index in [4.69, 9.17) is 5.73 Å². The minimum absolute atomic E-state index is 0.434. The van der Waals surface area contributed by atoms with Crippen LogP contribution < -0.4 is 5.73 Å². The molecule has 0 amide bonds. The van der Waals surface area contributed by atoms with Gasteiger partial charge in [-0.05, 0) is 140 Å². The number of benzene rings is 8. The second kappa shape index (κ2) is 19.7. The summed E-state index contributed by atoms with van der Waals surface area (Å²) in [6.45, 7) is 16.5. The van der Waals surface area contributed by atoms with E-state index in [2.05, 4.69) is 215 Å². The standard InChI is InChI=1S/C54H40.C3H6.C2H7N.C2H6/c1-36-17-6-8-23-42(36)53-37(2)43-33-32-41(35-52(43)54(53)50-29-14-12-27-48(50)49-28-13-15-30-51(49)54)45-25-10-11-26-47(45)46(39-18-4-3-5-19-39)34-31-40-22-16-21-38-20-7-9-24-44(38)40;1-3-2;1-2-3;1-2/h3-30,32-35H,31H2,1-2H3;3H,1H2,2H3;2-3H2,1H3;1-2H3/b46-34+;;;. The number of fused-ring (bicyclic) bond motifs is 8. The van der Waals surface area contributed by atoms with E-state index in [1.807, 2.05) is 27.7 Å². The Kier molecular flexibility index (Phi) is 13.8. The van der Waals surface area contributed by atoms with E-state index >= 15 is 0 Å². The van der Waals surface area contributed by atoms with Gasteiger partial charge in [-0.3, -0.25) is 0 Å². The van der Waals surface area contributed by atoms with E-state index in [9.17, 15) is 0 Å². The molecule has 1 spiro atoms. The molecule has 2 aliphatic rings. The number of allylic oxidation sites excluding steroid dienone is 4. The van der Waals surface area contributed by atoms with Gasteiger partial charge in [-0.15, -0.1) is 6.58 Å². The van der Waals surface area contributed by atoms with Gasteiger partial charge in [0, 0.05) is 0 Å². The zero-order chi connectivity index (χ0) is 43.6. The van der Waals surface area contributed by atoms with Gasteiger partial charge >= 0.3 is 0 Å². The fourth-order valence-electron chi connectivity index (χ4n) is 9.60. The van der Waals surface area contributed by atoms with Crippen LogP contribution in [-0.4, -0.2) is 6.54 Å². The van der Waals surface area contributed by atoms with Crippen LogP contribution in [0.15, 0.2) is 207 Å². The summed E-state index contributed by atoms with van der Waals surface area (Å²) >= 11 is 0. The molecule has 8 aromatic rings. The summed E-state index contributed by atoms with van der Waals surface area (Å²) < 4.78 is 0. The van der Waals surface area contributed by atoms with Crippen molar-refractivity contribution in [3.8, 4) is 22.3 Å². The molecule has 0 aromatic heterocycles. The van der Waals surface area contributed by atoms with Crippen LogP contribution in [0.5, 0.6) is 0 Å². The van der Waals surface area contributed by atoms with Crippen molar-refractivity contribution in [2.75, 3.05) is 6.54 Å². The zero-order valence-electron chi connectivity index (χ0n) is 37.3. The summed E-state index contributed by atoms with van der Waals surface area (Å²) in [5, 5.41) is 2.59. The number of hydrogen-bond donors (Lipinski definition) is 1. The van der Waals surface area contributed by atoms with Crippen LogP contribution in [0.2, 0.25) is 0 Å². The minimum atomic E-state index is -0.434. The van der Waals surface area contributed by atoms with E-state index < -0.39 is 5.41 Å². The lowest BCUT2D eigenvalue weighted by Gasteiger charge is -2.34. The number of aryl methyl sites for hydroxylation is 1. The van der Waals surface area contributed by atoms with Crippen LogP contribution in [0.3, 0.4) is 0 Å². The molecule has 0 unspecified atom stereocenters. The SMILES string of the molecule is C=CC.CC.CC1=C(c2ccccc2C)C2(c3cc(-c4ccccc4/C(=C/Cc4cccc5ccccc45)c4ccccc4)ccc31)c1ccccc1-c1ccccc12.CCN. The predicted molar refractivity (Wildman–Crippen MR) is 270 cm³/mol. The first-order valence-electron chi connectivity index (χ1n) is 22.2. The lowest BCUT2D eigenvalue weighted by Crippen LogP contribution is -2.27. The van der Waals surface area contributed by atoms with Gasteiger partial charge in [-0.1, -0.05) is 215 Å². The maximum atomic E-state index is 4.85. The molecule has 0 fully saturated rings. The Hall–Kier alpha value is -6.80. The van der Waals surface area contributed by atoms with E-state index in [1.54, 1.807) is 6.08 Å². The van der Waals surface area contributed by atoms with Gasteiger partial charge in [0.25, 0.3) is 0 Å². The summed E-state index contributed by atoms with van der Waals surface area (Å²) in [7, 11) is 0. The topological polar surface area (TPSA) is 26.0 Å². The average Bonchev–Trinajstić information content (AvgIpc) is 3.76. The Labute approximate surface area is 370 Å². The monoisotopic (exact) mass is 805 g/mol. The maximum absolute atomic E-state index is 4.85. The molecular formula is C61H59N. The maximum Gasteiger partial charge on any atom is 0.0728 e. The molecule has 0 radical (unpaired) electrons. The molecule has 2 N–H and O–H groups in total. The Balaban J connectivity index is 0.000000677. The van der Waals surface area contributed by atoms with E-state index in [1.165, 1.54) is 99.8 Å². The molecule has 0 bridgehead atoms. The normalized spacial score (nSPS) is 12.8. The molecular weight excluding hydrogens is 747 g/mol. The molecule has 0 aliphatic heterocycles. The smallest absolute Gasteiger partial charge is 0.0728 e. The molecule has 2 aliphatic carbocycles. The lowest BCUT2D eigenvalue weighted by molar-refractivity contribution is 0.841. The van der Waals surface area contributed by atoms with Gasteiger partial charge in [0.2, 0.25) is 0 Å². The van der Waals surface area contributed by atoms with E-state index in [-0.39, 0.29) is 0 Å². The summed E-state index contributed by atoms with van der Waals surface area (Å²) in [6, 6.07) is 69.7. The molecule has 1 heteroatoms. The van der Waals surface area contributed by atoms with Crippen molar-refractivity contribution >= 4 is 27.5 Å². The van der Waals surface area contributed by atoms with Crippen molar-refractivity contribution in [3.63, 3.8) is 0 Å². The fraction of sp³-hybridized carbons (Fsp3) is 0.148. The van der Waals surface area contributed by atoms with Crippen molar-refractivity contribution in [2.24, 2.45) is 5.73 Å². The van der Waals surface area contributed by atoms with Crippen LogP contribution in [0.4, 0.5) is 0 Å². The minimum Gasteiger partial charge on any atom is -0.331 e. The molecule has 8 aromatic carbocycles. The van der Waals surface area contributed by atoms with Crippen molar-refractivity contribution < 1.29 is 0 Å². The number of rotatable bonds is 6. The van der Waals surface area contributed by atoms with Gasteiger partial charge in [0.1, 0.15) is 0 Å². The average molecular weight is 806 g/mol. The fourth-order valence-corrected chi connectivity index (χ4v) is 9.60. The molecule has 308 valence electrons. The quantitative estimate of drug-likeness (QED) is 0.166. The lowest BCUT2D eigenvalue weighted by atomic mass is 9.67. The first-order valence-corrected chi connectivity index (χ1v) is 22.2. The molecule has 10 rings (SSSR count). The van der Waals surface area contributed by atoms with Gasteiger partial charge in [-0.2, -0.15) is 0 Å². The van der Waals surface area contributed by atoms with E-state index in [0.717, 1.165) is 13.0 Å². The molecule has 0 heterocycles. The summed E-state index contributed by atoms with van der Waals surface area (Å²) in [5.41, 5.74) is 25.4. The third-order valence-electron chi connectivity index (χ3n) is 12.0. The highest BCUT2D eigenvalue weighted by Crippen LogP contribution is 2.65. The highest BCUT2D eigenvalue weighted by atomic mass is 14.5. The summed E-state index contributed by atoms with van der Waals surface area (Å²) in [5.74, 6) is 0. The van der Waals surface area contributed by atoms with Crippen molar-refractivity contribution in [1.29, 1.82) is 0 Å². The Morgan fingerprint density at radius 3 is 1.76 bits per heavy atom. The Bertz CT molecular complexity index is 2840. The van der Waals surface area contributed by atoms with Crippen LogP contribution in [0, 0.1) is 6.92 Å². The second-order valence-electron chi connectivity index (χ2n) is 15.6. The van der Waals surface area contributed by atoms with Crippen molar-refractivity contribution in [2.45, 2.75) is 53.4 Å². The van der Waals surface area contributed by atoms with Crippen molar-refractivity contribution in [1.82, 2.24) is 0 Å². The van der Waals surface area contributed by atoms with Crippen LogP contribution in [-0.2, 0) is 11.8 Å². The first kappa shape index (κ1) is 43.3. The highest BCUT2D eigenvalue weighted by Gasteiger charge is 2.52. The van der Waals surface area contributed by atoms with Crippen LogP contribution >= 0.6 is 0 Å². The third kappa shape index (κ3) is 7.81. The summed E-state index contributed by atoms with van der Waals surface area (Å²) in [4.78, 5) is 0. The van der Waals surface area contributed by atoms with Gasteiger partial charge in [-0.25, -0.2) is 0 Å². The highest BCUT2D eigenvalue weighted by molar-refractivity contribution is 6.10. The Morgan fingerprint density at radius 2 is 1.10 bits per heavy atom. The largest absolute Gasteiger partial charge is 0.331 e. The molecule has 1 nitrogen and oxygen atoms in total. The Morgan fingerprint density at radius 1 is 0.565 bits per heavy atom. The molecule has 0 saturated heterocycles. The predicted octanol–water partition coefficient (Wildman–Crippen LogP) is 15.9. The first-order chi connectivity index (χ1) is 30.5. The number of hydrogen-bond acceptors (Lipinski definition) is 1. The number of nitrogens with two attached hydrogens (primary N) is 1. The molecule has 0 atom stereocenters. The van der Waals surface area contributed by atoms with E-state index in [0.29, 0.717) is 0 Å². The van der Waals surface area contributed by atoms with Crippen molar-refractivity contribution in [3.05, 3.63) is 257 Å². The van der Waals surface area contributed by atoms with Crippen LogP contribution in [0.1, 0.15) is 84.7 Å². The van der Waals surface area contributed by atoms with Crippen LogP contribution in [0.25, 0.3) is 49.7 Å². The zero-order valence-corrected chi connectivity index (χ0v) is 37.3. The third-order valence-corrected chi connectivity index (χ3v) is 12.0.